The van der Waals surface area contributed by atoms with E-state index in [2.05, 4.69) is 10.3 Å². The van der Waals surface area contributed by atoms with Crippen LogP contribution in [0.25, 0.3) is 10.6 Å². The van der Waals surface area contributed by atoms with Crippen LogP contribution in [0.1, 0.15) is 11.1 Å². The molecule has 3 rings (SSSR count). The summed E-state index contributed by atoms with van der Waals surface area (Å²) < 4.78 is 0.750. The smallest absolute Gasteiger partial charge is 0.102 e. The van der Waals surface area contributed by atoms with E-state index in [1.54, 1.807) is 24.2 Å². The molecule has 1 aromatic heterocycles. The highest BCUT2D eigenvalue weighted by atomic mass is 35.5. The van der Waals surface area contributed by atoms with Gasteiger partial charge in [0.15, 0.2) is 0 Å². The minimum absolute atomic E-state index is 0. The second-order valence-electron chi connectivity index (χ2n) is 4.01. The third-order valence-electron chi connectivity index (χ3n) is 2.77. The number of nitrogens with zero attached hydrogens (tertiary/aromatic N) is 1. The topological polar surface area (TPSA) is 24.9 Å². The fourth-order valence-corrected chi connectivity index (χ4v) is 3.09. The first-order valence-corrected chi connectivity index (χ1v) is 7.04. The van der Waals surface area contributed by atoms with E-state index in [4.69, 9.17) is 11.6 Å². The number of halogens is 2. The monoisotopic (exact) mass is 322 g/mol. The molecule has 0 saturated carbocycles. The lowest BCUT2D eigenvalue weighted by molar-refractivity contribution is 1.22. The molecule has 0 unspecified atom stereocenters. The molecule has 0 saturated heterocycles. The van der Waals surface area contributed by atoms with E-state index in [-0.39, 0.29) is 12.4 Å². The molecule has 1 N–H and O–H groups in total. The lowest BCUT2D eigenvalue weighted by atomic mass is 10.2. The predicted octanol–water partition coefficient (Wildman–Crippen LogP) is 4.70. The van der Waals surface area contributed by atoms with Gasteiger partial charge in [0.05, 0.1) is 5.70 Å². The predicted molar refractivity (Wildman–Crippen MR) is 89.4 cm³/mol. The Balaban J connectivity index is 0.00000147. The van der Waals surface area contributed by atoms with Crippen LogP contribution in [0.4, 0.5) is 0 Å². The Bertz CT molecular complexity index is 639. The van der Waals surface area contributed by atoms with Crippen molar-refractivity contribution in [3.05, 3.63) is 76.5 Å². The number of hydrogen-bond donors (Lipinski definition) is 1. The van der Waals surface area contributed by atoms with Gasteiger partial charge in [0.25, 0.3) is 0 Å². The Hall–Kier alpha value is -1.42. The van der Waals surface area contributed by atoms with Gasteiger partial charge in [-0.15, -0.1) is 12.4 Å². The summed E-state index contributed by atoms with van der Waals surface area (Å²) in [6, 6.07) is 14.0. The van der Waals surface area contributed by atoms with Crippen LogP contribution in [-0.2, 0) is 0 Å². The molecular weight excluding hydrogens is 311 g/mol. The molecule has 20 heavy (non-hydrogen) atoms. The van der Waals surface area contributed by atoms with E-state index < -0.39 is 0 Å². The van der Waals surface area contributed by atoms with Gasteiger partial charge in [0.1, 0.15) is 4.36 Å². The SMILES string of the molecule is Cl.ClC1=C(c2ccccc2)NC=C(c2ccncc2)S1. The first kappa shape index (κ1) is 15.0. The first-order valence-electron chi connectivity index (χ1n) is 5.85. The molecule has 0 radical (unpaired) electrons. The lowest BCUT2D eigenvalue weighted by Gasteiger charge is -2.18. The number of hydrogen-bond acceptors (Lipinski definition) is 3. The number of aromatic nitrogens is 1. The highest BCUT2D eigenvalue weighted by Gasteiger charge is 2.15. The molecule has 0 atom stereocenters. The Morgan fingerprint density at radius 1 is 0.950 bits per heavy atom. The van der Waals surface area contributed by atoms with Crippen molar-refractivity contribution in [3.63, 3.8) is 0 Å². The molecule has 2 nitrogen and oxygen atoms in total. The van der Waals surface area contributed by atoms with Gasteiger partial charge in [-0.05, 0) is 17.7 Å². The van der Waals surface area contributed by atoms with Crippen LogP contribution >= 0.6 is 35.8 Å². The van der Waals surface area contributed by atoms with E-state index >= 15 is 0 Å². The molecule has 1 aromatic carbocycles. The molecule has 0 fully saturated rings. The summed E-state index contributed by atoms with van der Waals surface area (Å²) in [4.78, 5) is 5.11. The zero-order chi connectivity index (χ0) is 13.1. The highest BCUT2D eigenvalue weighted by Crippen LogP contribution is 2.41. The number of benzene rings is 1. The van der Waals surface area contributed by atoms with E-state index in [9.17, 15) is 0 Å². The molecule has 2 aromatic rings. The van der Waals surface area contributed by atoms with Crippen molar-refractivity contribution in [1.29, 1.82) is 0 Å². The summed E-state index contributed by atoms with van der Waals surface area (Å²) in [5.41, 5.74) is 3.15. The normalized spacial score (nSPS) is 14.2. The van der Waals surface area contributed by atoms with Crippen LogP contribution in [0.5, 0.6) is 0 Å². The first-order chi connectivity index (χ1) is 9.34. The average molecular weight is 323 g/mol. The van der Waals surface area contributed by atoms with Crippen molar-refractivity contribution in [2.24, 2.45) is 0 Å². The van der Waals surface area contributed by atoms with Gasteiger partial charge >= 0.3 is 0 Å². The van der Waals surface area contributed by atoms with Gasteiger partial charge in [-0.25, -0.2) is 0 Å². The van der Waals surface area contributed by atoms with Gasteiger partial charge < -0.3 is 5.32 Å². The van der Waals surface area contributed by atoms with Crippen LogP contribution in [0.3, 0.4) is 0 Å². The molecular formula is C15H12Cl2N2S. The second-order valence-corrected chi connectivity index (χ2v) is 5.66. The number of pyridine rings is 1. The molecule has 102 valence electrons. The second kappa shape index (κ2) is 6.84. The standard InChI is InChI=1S/C15H11ClN2S.ClH/c16-15-14(12-4-2-1-3-5-12)18-10-13(19-15)11-6-8-17-9-7-11;/h1-10,18H;1H. The third kappa shape index (κ3) is 3.18. The van der Waals surface area contributed by atoms with Crippen molar-refractivity contribution in [3.8, 4) is 0 Å². The van der Waals surface area contributed by atoms with E-state index in [0.717, 1.165) is 26.1 Å². The third-order valence-corrected chi connectivity index (χ3v) is 4.15. The van der Waals surface area contributed by atoms with Gasteiger partial charge in [-0.3, -0.25) is 4.98 Å². The molecule has 2 heterocycles. The summed E-state index contributed by atoms with van der Waals surface area (Å²) >= 11 is 7.94. The molecule has 5 heteroatoms. The fraction of sp³-hybridized carbons (Fsp3) is 0. The van der Waals surface area contributed by atoms with Crippen LogP contribution < -0.4 is 5.32 Å². The summed E-state index contributed by atoms with van der Waals surface area (Å²) in [6.07, 6.45) is 5.54. The molecule has 0 amide bonds. The summed E-state index contributed by atoms with van der Waals surface area (Å²) in [6.45, 7) is 0. The maximum absolute atomic E-state index is 6.39. The van der Waals surface area contributed by atoms with Crippen LogP contribution in [-0.4, -0.2) is 4.98 Å². The van der Waals surface area contributed by atoms with Crippen molar-refractivity contribution < 1.29 is 0 Å². The quantitative estimate of drug-likeness (QED) is 0.867. The Morgan fingerprint density at radius 3 is 2.30 bits per heavy atom. The van der Waals surface area contributed by atoms with E-state index in [0.29, 0.717) is 0 Å². The van der Waals surface area contributed by atoms with Crippen molar-refractivity contribution in [1.82, 2.24) is 10.3 Å². The zero-order valence-corrected chi connectivity index (χ0v) is 12.8. The molecule has 1 aliphatic heterocycles. The minimum Gasteiger partial charge on any atom is -0.358 e. The maximum atomic E-state index is 6.39. The molecule has 0 aliphatic carbocycles. The molecule has 0 spiro atoms. The molecule has 0 bridgehead atoms. The van der Waals surface area contributed by atoms with Crippen molar-refractivity contribution in [2.45, 2.75) is 0 Å². The van der Waals surface area contributed by atoms with Crippen LogP contribution in [0.2, 0.25) is 0 Å². The van der Waals surface area contributed by atoms with Gasteiger partial charge in [0, 0.05) is 29.1 Å². The van der Waals surface area contributed by atoms with Crippen LogP contribution in [0.15, 0.2) is 65.4 Å². The average Bonchev–Trinajstić information content (AvgIpc) is 2.49. The van der Waals surface area contributed by atoms with E-state index in [1.807, 2.05) is 48.7 Å². The summed E-state index contributed by atoms with van der Waals surface area (Å²) in [7, 11) is 0. The Morgan fingerprint density at radius 2 is 1.65 bits per heavy atom. The van der Waals surface area contributed by atoms with Gasteiger partial charge in [-0.2, -0.15) is 0 Å². The van der Waals surface area contributed by atoms with Gasteiger partial charge in [-0.1, -0.05) is 53.7 Å². The van der Waals surface area contributed by atoms with Crippen molar-refractivity contribution in [2.75, 3.05) is 0 Å². The highest BCUT2D eigenvalue weighted by molar-refractivity contribution is 8.13. The number of nitrogens with one attached hydrogen (secondary N) is 1. The number of rotatable bonds is 2. The van der Waals surface area contributed by atoms with Crippen LogP contribution in [0, 0.1) is 0 Å². The molecule has 1 aliphatic rings. The largest absolute Gasteiger partial charge is 0.358 e. The maximum Gasteiger partial charge on any atom is 0.102 e. The summed E-state index contributed by atoms with van der Waals surface area (Å²) in [5, 5.41) is 3.28. The van der Waals surface area contributed by atoms with Crippen molar-refractivity contribution >= 4 is 46.4 Å². The zero-order valence-electron chi connectivity index (χ0n) is 10.4. The fourth-order valence-electron chi connectivity index (χ4n) is 1.83. The Kier molecular flexibility index (Phi) is 5.12. The Labute approximate surface area is 133 Å². The lowest BCUT2D eigenvalue weighted by Crippen LogP contribution is -2.09. The minimum atomic E-state index is 0. The summed E-state index contributed by atoms with van der Waals surface area (Å²) in [5.74, 6) is 0. The number of thioether (sulfide) groups is 1. The van der Waals surface area contributed by atoms with Gasteiger partial charge in [0.2, 0.25) is 0 Å². The van der Waals surface area contributed by atoms with E-state index in [1.165, 1.54) is 0 Å².